The average Bonchev–Trinajstić information content (AvgIpc) is 2.39. The Labute approximate surface area is 96.6 Å². The van der Waals surface area contributed by atoms with Crippen LogP contribution in [0, 0.1) is 0 Å². The fraction of sp³-hybridized carbons (Fsp3) is 0.538. The second-order valence-electron chi connectivity index (χ2n) is 4.24. The summed E-state index contributed by atoms with van der Waals surface area (Å²) in [6.45, 7) is 5.43. The van der Waals surface area contributed by atoms with Gasteiger partial charge in [0.15, 0.2) is 0 Å². The fourth-order valence-corrected chi connectivity index (χ4v) is 2.11. The molecule has 1 N–H and O–H groups in total. The van der Waals surface area contributed by atoms with Crippen molar-refractivity contribution in [1.82, 2.24) is 4.90 Å². The second kappa shape index (κ2) is 5.43. The third-order valence-corrected chi connectivity index (χ3v) is 3.22. The number of nitrogens with zero attached hydrogens (tertiary/aromatic N) is 1. The van der Waals surface area contributed by atoms with Crippen molar-refractivity contribution >= 4 is 0 Å². The summed E-state index contributed by atoms with van der Waals surface area (Å²) < 4.78 is 5.31. The first-order valence-corrected chi connectivity index (χ1v) is 5.84. The Kier molecular flexibility index (Phi) is 3.93. The van der Waals surface area contributed by atoms with Crippen molar-refractivity contribution < 1.29 is 9.84 Å². The molecule has 1 saturated heterocycles. The molecule has 1 heterocycles. The lowest BCUT2D eigenvalue weighted by Gasteiger charge is -2.35. The molecule has 0 amide bonds. The van der Waals surface area contributed by atoms with Gasteiger partial charge in [-0.15, -0.1) is 0 Å². The van der Waals surface area contributed by atoms with Crippen LogP contribution in [0.5, 0.6) is 0 Å². The largest absolute Gasteiger partial charge is 0.387 e. The predicted octanol–water partition coefficient (Wildman–Crippen LogP) is 1.44. The van der Waals surface area contributed by atoms with Gasteiger partial charge in [-0.3, -0.25) is 4.90 Å². The van der Waals surface area contributed by atoms with Gasteiger partial charge in [-0.2, -0.15) is 0 Å². The van der Waals surface area contributed by atoms with Crippen molar-refractivity contribution in [2.75, 3.05) is 26.3 Å². The lowest BCUT2D eigenvalue weighted by molar-refractivity contribution is -0.0166. The number of benzene rings is 1. The third kappa shape index (κ3) is 2.61. The molecule has 3 nitrogen and oxygen atoms in total. The van der Waals surface area contributed by atoms with E-state index in [2.05, 4.69) is 11.8 Å². The quantitative estimate of drug-likeness (QED) is 0.838. The van der Waals surface area contributed by atoms with E-state index in [1.165, 1.54) is 0 Å². The van der Waals surface area contributed by atoms with Gasteiger partial charge in [-0.25, -0.2) is 0 Å². The molecule has 88 valence electrons. The van der Waals surface area contributed by atoms with Crippen LogP contribution < -0.4 is 0 Å². The number of hydrogen-bond donors (Lipinski definition) is 1. The Morgan fingerprint density at radius 2 is 1.81 bits per heavy atom. The van der Waals surface area contributed by atoms with Gasteiger partial charge in [0, 0.05) is 19.1 Å². The van der Waals surface area contributed by atoms with Crippen molar-refractivity contribution in [2.24, 2.45) is 0 Å². The lowest BCUT2D eigenvalue weighted by Crippen LogP contribution is -2.44. The SMILES string of the molecule is C[C@H]([C@@H](O)c1ccccc1)N1CCOCC1. The number of hydrogen-bond acceptors (Lipinski definition) is 3. The van der Waals surface area contributed by atoms with E-state index in [1.54, 1.807) is 0 Å². The molecular weight excluding hydrogens is 202 g/mol. The van der Waals surface area contributed by atoms with E-state index < -0.39 is 6.10 Å². The zero-order valence-corrected chi connectivity index (χ0v) is 9.67. The molecule has 16 heavy (non-hydrogen) atoms. The van der Waals surface area contributed by atoms with Gasteiger partial charge >= 0.3 is 0 Å². The summed E-state index contributed by atoms with van der Waals surface area (Å²) in [5.74, 6) is 0. The van der Waals surface area contributed by atoms with Crippen molar-refractivity contribution in [3.05, 3.63) is 35.9 Å². The Balaban J connectivity index is 2.00. The Bertz CT molecular complexity index is 309. The van der Waals surface area contributed by atoms with Gasteiger partial charge < -0.3 is 9.84 Å². The number of ether oxygens (including phenoxy) is 1. The summed E-state index contributed by atoms with van der Waals surface area (Å²) in [4.78, 5) is 2.28. The lowest BCUT2D eigenvalue weighted by atomic mass is 10.0. The molecule has 2 atom stereocenters. The molecule has 3 heteroatoms. The first-order valence-electron chi connectivity index (χ1n) is 5.84. The van der Waals surface area contributed by atoms with E-state index in [4.69, 9.17) is 4.74 Å². The van der Waals surface area contributed by atoms with Crippen LogP contribution in [0.3, 0.4) is 0 Å². The minimum absolute atomic E-state index is 0.145. The smallest absolute Gasteiger partial charge is 0.0942 e. The molecule has 0 radical (unpaired) electrons. The van der Waals surface area contributed by atoms with Crippen molar-refractivity contribution in [3.8, 4) is 0 Å². The van der Waals surface area contributed by atoms with Crippen LogP contribution in [-0.2, 0) is 4.74 Å². The first-order chi connectivity index (χ1) is 7.79. The Hall–Kier alpha value is -0.900. The minimum Gasteiger partial charge on any atom is -0.387 e. The molecule has 0 bridgehead atoms. The normalized spacial score (nSPS) is 21.6. The van der Waals surface area contributed by atoms with Crippen molar-refractivity contribution in [1.29, 1.82) is 0 Å². The standard InChI is InChI=1S/C13H19NO2/c1-11(14-7-9-16-10-8-14)13(15)12-5-3-2-4-6-12/h2-6,11,13,15H,7-10H2,1H3/t11-,13-/m1/s1. The Morgan fingerprint density at radius 3 is 2.44 bits per heavy atom. The molecule has 0 aromatic heterocycles. The van der Waals surface area contributed by atoms with Crippen molar-refractivity contribution in [3.63, 3.8) is 0 Å². The number of aliphatic hydroxyl groups excluding tert-OH is 1. The molecule has 0 spiro atoms. The average molecular weight is 221 g/mol. The molecule has 1 fully saturated rings. The van der Waals surface area contributed by atoms with Gasteiger partial charge in [0.05, 0.1) is 19.3 Å². The second-order valence-corrected chi connectivity index (χ2v) is 4.24. The van der Waals surface area contributed by atoms with E-state index in [0.717, 1.165) is 31.9 Å². The van der Waals surface area contributed by atoms with Crippen LogP contribution in [0.1, 0.15) is 18.6 Å². The van der Waals surface area contributed by atoms with Crippen LogP contribution in [0.25, 0.3) is 0 Å². The van der Waals surface area contributed by atoms with Gasteiger partial charge in [-0.1, -0.05) is 30.3 Å². The maximum atomic E-state index is 10.3. The first kappa shape index (κ1) is 11.6. The van der Waals surface area contributed by atoms with Gasteiger partial charge in [0.25, 0.3) is 0 Å². The molecule has 0 unspecified atom stereocenters. The highest BCUT2D eigenvalue weighted by molar-refractivity contribution is 5.18. The highest BCUT2D eigenvalue weighted by Gasteiger charge is 2.24. The van der Waals surface area contributed by atoms with Crippen LogP contribution >= 0.6 is 0 Å². The summed E-state index contributed by atoms with van der Waals surface area (Å²) >= 11 is 0. The van der Waals surface area contributed by atoms with Gasteiger partial charge in [0.1, 0.15) is 0 Å². The van der Waals surface area contributed by atoms with E-state index in [-0.39, 0.29) is 6.04 Å². The number of morpholine rings is 1. The fourth-order valence-electron chi connectivity index (χ4n) is 2.11. The third-order valence-electron chi connectivity index (χ3n) is 3.22. The van der Waals surface area contributed by atoms with Crippen LogP contribution in [0.2, 0.25) is 0 Å². The summed E-state index contributed by atoms with van der Waals surface area (Å²) in [5, 5.41) is 10.3. The molecular formula is C13H19NO2. The maximum absolute atomic E-state index is 10.3. The predicted molar refractivity (Wildman–Crippen MR) is 63.3 cm³/mol. The van der Waals surface area contributed by atoms with E-state index >= 15 is 0 Å². The van der Waals surface area contributed by atoms with Crippen LogP contribution in [0.4, 0.5) is 0 Å². The molecule has 1 aliphatic rings. The summed E-state index contributed by atoms with van der Waals surface area (Å²) in [6.07, 6.45) is -0.417. The minimum atomic E-state index is -0.417. The zero-order chi connectivity index (χ0) is 11.4. The highest BCUT2D eigenvalue weighted by Crippen LogP contribution is 2.21. The van der Waals surface area contributed by atoms with E-state index in [0.29, 0.717) is 0 Å². The van der Waals surface area contributed by atoms with Crippen LogP contribution in [-0.4, -0.2) is 42.4 Å². The van der Waals surface area contributed by atoms with E-state index in [1.807, 2.05) is 30.3 Å². The number of aliphatic hydroxyl groups is 1. The summed E-state index contributed by atoms with van der Waals surface area (Å²) in [7, 11) is 0. The molecule has 0 aliphatic carbocycles. The van der Waals surface area contributed by atoms with Gasteiger partial charge in [0.2, 0.25) is 0 Å². The Morgan fingerprint density at radius 1 is 1.19 bits per heavy atom. The van der Waals surface area contributed by atoms with Crippen LogP contribution in [0.15, 0.2) is 30.3 Å². The van der Waals surface area contributed by atoms with Gasteiger partial charge in [-0.05, 0) is 12.5 Å². The van der Waals surface area contributed by atoms with Crippen molar-refractivity contribution in [2.45, 2.75) is 19.1 Å². The zero-order valence-electron chi connectivity index (χ0n) is 9.67. The molecule has 1 aromatic carbocycles. The topological polar surface area (TPSA) is 32.7 Å². The molecule has 0 saturated carbocycles. The molecule has 1 aromatic rings. The number of rotatable bonds is 3. The maximum Gasteiger partial charge on any atom is 0.0942 e. The van der Waals surface area contributed by atoms with E-state index in [9.17, 15) is 5.11 Å². The highest BCUT2D eigenvalue weighted by atomic mass is 16.5. The molecule has 1 aliphatic heterocycles. The monoisotopic (exact) mass is 221 g/mol. The molecule has 2 rings (SSSR count). The summed E-state index contributed by atoms with van der Waals surface area (Å²) in [5.41, 5.74) is 0.987. The summed E-state index contributed by atoms with van der Waals surface area (Å²) in [6, 6.07) is 9.99.